The summed E-state index contributed by atoms with van der Waals surface area (Å²) in [6.45, 7) is 7.55. The Labute approximate surface area is 233 Å². The molecule has 2 N–H and O–H groups in total. The molecular formula is C29H33ClN4O3S. The van der Waals surface area contributed by atoms with Gasteiger partial charge in [0, 0.05) is 28.6 Å². The van der Waals surface area contributed by atoms with E-state index in [1.165, 1.54) is 12.3 Å². The lowest BCUT2D eigenvalue weighted by molar-refractivity contribution is 0.0956. The highest BCUT2D eigenvalue weighted by molar-refractivity contribution is 7.98. The minimum atomic E-state index is -0.501. The monoisotopic (exact) mass is 552 g/mol. The van der Waals surface area contributed by atoms with Crippen LogP contribution in [-0.2, 0) is 5.75 Å². The van der Waals surface area contributed by atoms with Crippen molar-refractivity contribution in [2.24, 2.45) is 5.10 Å². The number of nitrogens with one attached hydrogen (secondary N) is 2. The van der Waals surface area contributed by atoms with Gasteiger partial charge in [-0.2, -0.15) is 16.9 Å². The predicted octanol–water partition coefficient (Wildman–Crippen LogP) is 5.94. The normalized spacial score (nSPS) is 11.1. The van der Waals surface area contributed by atoms with Gasteiger partial charge < -0.3 is 15.0 Å². The van der Waals surface area contributed by atoms with Crippen LogP contribution in [0.5, 0.6) is 5.75 Å². The Kier molecular flexibility index (Phi) is 11.7. The number of benzene rings is 3. The number of carbonyl (C=O) groups is 2. The zero-order chi connectivity index (χ0) is 27.3. The number of hydrogen-bond donors (Lipinski definition) is 2. The lowest BCUT2D eigenvalue weighted by Crippen LogP contribution is -2.25. The van der Waals surface area contributed by atoms with Crippen LogP contribution in [0.15, 0.2) is 71.8 Å². The average Bonchev–Trinajstić information content (AvgIpc) is 2.94. The zero-order valence-electron chi connectivity index (χ0n) is 21.9. The summed E-state index contributed by atoms with van der Waals surface area (Å²) in [7, 11) is 1.58. The van der Waals surface area contributed by atoms with Crippen molar-refractivity contribution in [3.8, 4) is 5.75 Å². The van der Waals surface area contributed by atoms with E-state index in [2.05, 4.69) is 34.6 Å². The van der Waals surface area contributed by atoms with Gasteiger partial charge in [0.15, 0.2) is 0 Å². The molecular weight excluding hydrogens is 520 g/mol. The maximum absolute atomic E-state index is 12.9. The highest BCUT2D eigenvalue weighted by Gasteiger charge is 2.15. The number of rotatable bonds is 13. The second-order valence-electron chi connectivity index (χ2n) is 8.40. The van der Waals surface area contributed by atoms with E-state index in [0.29, 0.717) is 22.0 Å². The summed E-state index contributed by atoms with van der Waals surface area (Å²) in [5.74, 6) is 1.82. The lowest BCUT2D eigenvalue weighted by Gasteiger charge is -2.17. The van der Waals surface area contributed by atoms with Gasteiger partial charge in [0.25, 0.3) is 11.8 Å². The van der Waals surface area contributed by atoms with Gasteiger partial charge in [-0.3, -0.25) is 9.59 Å². The van der Waals surface area contributed by atoms with E-state index in [1.807, 2.05) is 42.1 Å². The molecule has 0 radical (unpaired) electrons. The van der Waals surface area contributed by atoms with E-state index in [0.717, 1.165) is 42.3 Å². The van der Waals surface area contributed by atoms with Crippen molar-refractivity contribution in [3.05, 3.63) is 94.0 Å². The highest BCUT2D eigenvalue weighted by atomic mass is 35.5. The minimum absolute atomic E-state index is 0.204. The number of amides is 2. The van der Waals surface area contributed by atoms with Gasteiger partial charge in [-0.1, -0.05) is 49.7 Å². The first-order valence-corrected chi connectivity index (χ1v) is 13.9. The number of halogens is 1. The molecule has 3 aromatic carbocycles. The molecule has 0 saturated carbocycles. The fourth-order valence-electron chi connectivity index (χ4n) is 3.63. The average molecular weight is 553 g/mol. The van der Waals surface area contributed by atoms with Gasteiger partial charge in [0.2, 0.25) is 0 Å². The molecule has 0 aliphatic heterocycles. The second-order valence-corrected chi connectivity index (χ2v) is 9.94. The van der Waals surface area contributed by atoms with Crippen LogP contribution < -0.4 is 15.5 Å². The van der Waals surface area contributed by atoms with Crippen LogP contribution in [0.2, 0.25) is 5.02 Å². The van der Waals surface area contributed by atoms with Crippen molar-refractivity contribution in [2.75, 3.05) is 37.8 Å². The maximum Gasteiger partial charge on any atom is 0.273 e. The topological polar surface area (TPSA) is 83.0 Å². The number of anilines is 1. The van der Waals surface area contributed by atoms with Crippen molar-refractivity contribution in [1.29, 1.82) is 0 Å². The third-order valence-corrected chi connectivity index (χ3v) is 7.12. The van der Waals surface area contributed by atoms with Crippen LogP contribution in [0.3, 0.4) is 0 Å². The smallest absolute Gasteiger partial charge is 0.273 e. The first-order chi connectivity index (χ1) is 18.4. The Bertz CT molecular complexity index is 1250. The van der Waals surface area contributed by atoms with Gasteiger partial charge in [0.1, 0.15) is 5.75 Å². The minimum Gasteiger partial charge on any atom is -0.497 e. The van der Waals surface area contributed by atoms with Gasteiger partial charge in [-0.15, -0.1) is 0 Å². The Morgan fingerprint density at radius 1 is 1.03 bits per heavy atom. The number of ether oxygens (including phenoxy) is 1. The fourth-order valence-corrected chi connectivity index (χ4v) is 4.76. The molecule has 0 saturated heterocycles. The first-order valence-electron chi connectivity index (χ1n) is 12.4. The number of hydrazone groups is 1. The fraction of sp³-hybridized carbons (Fsp3) is 0.276. The third kappa shape index (κ3) is 8.90. The van der Waals surface area contributed by atoms with Gasteiger partial charge in [-0.25, -0.2) is 5.43 Å². The van der Waals surface area contributed by atoms with E-state index in [4.69, 9.17) is 16.3 Å². The molecule has 3 aromatic rings. The van der Waals surface area contributed by atoms with Crippen LogP contribution in [0.1, 0.15) is 45.7 Å². The van der Waals surface area contributed by atoms with Crippen LogP contribution in [0.25, 0.3) is 0 Å². The van der Waals surface area contributed by atoms with Crippen LogP contribution >= 0.6 is 23.4 Å². The third-order valence-electron chi connectivity index (χ3n) is 5.88. The Morgan fingerprint density at radius 3 is 2.50 bits per heavy atom. The van der Waals surface area contributed by atoms with Crippen LogP contribution in [-0.4, -0.2) is 55.4 Å². The van der Waals surface area contributed by atoms with Crippen molar-refractivity contribution in [2.45, 2.75) is 19.6 Å². The number of nitrogens with zero attached hydrogens (tertiary/aromatic N) is 2. The number of hydrogen-bond acceptors (Lipinski definition) is 6. The first kappa shape index (κ1) is 29.2. The van der Waals surface area contributed by atoms with Gasteiger partial charge in [-0.05, 0) is 66.7 Å². The highest BCUT2D eigenvalue weighted by Crippen LogP contribution is 2.22. The molecule has 3 rings (SSSR count). The molecule has 0 fully saturated rings. The molecule has 0 aliphatic carbocycles. The quantitative estimate of drug-likeness (QED) is 0.156. The molecule has 9 heteroatoms. The summed E-state index contributed by atoms with van der Waals surface area (Å²) in [5.41, 5.74) is 5.44. The molecule has 0 bridgehead atoms. The van der Waals surface area contributed by atoms with Crippen LogP contribution in [0, 0.1) is 0 Å². The Morgan fingerprint density at radius 2 is 1.79 bits per heavy atom. The van der Waals surface area contributed by atoms with Crippen molar-refractivity contribution >= 4 is 47.1 Å². The molecule has 0 spiro atoms. The zero-order valence-corrected chi connectivity index (χ0v) is 23.4. The van der Waals surface area contributed by atoms with Gasteiger partial charge >= 0.3 is 0 Å². The molecule has 0 unspecified atom stereocenters. The van der Waals surface area contributed by atoms with Crippen LogP contribution in [0.4, 0.5) is 5.69 Å². The molecule has 0 aromatic heterocycles. The van der Waals surface area contributed by atoms with E-state index < -0.39 is 5.91 Å². The largest absolute Gasteiger partial charge is 0.497 e. The van der Waals surface area contributed by atoms with Crippen molar-refractivity contribution < 1.29 is 14.3 Å². The molecule has 38 heavy (non-hydrogen) atoms. The molecule has 0 aliphatic rings. The molecule has 200 valence electrons. The second kappa shape index (κ2) is 15.2. The molecule has 0 heterocycles. The summed E-state index contributed by atoms with van der Waals surface area (Å²) in [5, 5.41) is 7.21. The van der Waals surface area contributed by atoms with Gasteiger partial charge in [0.05, 0.1) is 24.6 Å². The summed E-state index contributed by atoms with van der Waals surface area (Å²) in [6, 6.07) is 19.5. The Balaban J connectivity index is 1.60. The molecule has 2 amide bonds. The maximum atomic E-state index is 12.9. The van der Waals surface area contributed by atoms with E-state index in [-0.39, 0.29) is 11.5 Å². The summed E-state index contributed by atoms with van der Waals surface area (Å²) < 4.78 is 5.19. The van der Waals surface area contributed by atoms with E-state index >= 15 is 0 Å². The predicted molar refractivity (Wildman–Crippen MR) is 158 cm³/mol. The van der Waals surface area contributed by atoms with Crippen molar-refractivity contribution in [1.82, 2.24) is 10.3 Å². The van der Waals surface area contributed by atoms with Crippen molar-refractivity contribution in [3.63, 3.8) is 0 Å². The summed E-state index contributed by atoms with van der Waals surface area (Å²) >= 11 is 8.01. The number of methoxy groups -OCH3 is 1. The standard InChI is InChI=1S/C29H33ClN4O3S/c1-4-34(5-2)15-16-38-20-21-9-11-23(12-10-21)28(35)32-27-14-13-24(30)18-26(27)29(36)33-31-19-22-7-6-8-25(17-22)37-3/h6-14,17-19H,4-5,15-16,20H2,1-3H3,(H,32,35)(H,33,36). The SMILES string of the molecule is CCN(CC)CCSCc1ccc(C(=O)Nc2ccc(Cl)cc2C(=O)NN=Cc2cccc(OC)c2)cc1. The Hall–Kier alpha value is -3.33. The van der Waals surface area contributed by atoms with E-state index in [1.54, 1.807) is 37.4 Å². The van der Waals surface area contributed by atoms with E-state index in [9.17, 15) is 9.59 Å². The number of thioether (sulfide) groups is 1. The number of carbonyl (C=O) groups excluding carboxylic acids is 2. The molecule has 0 atom stereocenters. The summed E-state index contributed by atoms with van der Waals surface area (Å²) in [4.78, 5) is 28.2. The molecule has 7 nitrogen and oxygen atoms in total. The summed E-state index contributed by atoms with van der Waals surface area (Å²) in [6.07, 6.45) is 1.51. The lowest BCUT2D eigenvalue weighted by atomic mass is 10.1.